The van der Waals surface area contributed by atoms with Crippen LogP contribution in [0.3, 0.4) is 0 Å². The molecule has 4 nitrogen and oxygen atoms in total. The summed E-state index contributed by atoms with van der Waals surface area (Å²) < 4.78 is 1.32. The van der Waals surface area contributed by atoms with E-state index in [4.69, 9.17) is 9.83 Å². The molecule has 0 unspecified atom stereocenters. The average Bonchev–Trinajstić information content (AvgIpc) is 3.15. The quantitative estimate of drug-likeness (QED) is 0.879. The molecular weight excluding hydrogens is 282 g/mol. The van der Waals surface area contributed by atoms with Crippen molar-refractivity contribution in [3.05, 3.63) is 35.2 Å². The summed E-state index contributed by atoms with van der Waals surface area (Å²) >= 11 is 1.77. The van der Waals surface area contributed by atoms with Crippen molar-refractivity contribution in [2.24, 2.45) is 10.9 Å². The van der Waals surface area contributed by atoms with Crippen LogP contribution in [-0.4, -0.2) is 36.1 Å². The molecule has 1 aromatic carbocycles. The minimum absolute atomic E-state index is 0.352. The maximum Gasteiger partial charge on any atom is 0.202 e. The second-order valence-electron chi connectivity index (χ2n) is 6.23. The number of hydrogen-bond acceptors (Lipinski definition) is 5. The van der Waals surface area contributed by atoms with Gasteiger partial charge in [-0.05, 0) is 61.0 Å². The van der Waals surface area contributed by atoms with E-state index in [9.17, 15) is 0 Å². The lowest BCUT2D eigenvalue weighted by Gasteiger charge is -2.47. The Morgan fingerprint density at radius 3 is 3.00 bits per heavy atom. The number of benzene rings is 1. The van der Waals surface area contributed by atoms with Gasteiger partial charge >= 0.3 is 0 Å². The van der Waals surface area contributed by atoms with Crippen molar-refractivity contribution >= 4 is 27.3 Å². The van der Waals surface area contributed by atoms with Crippen LogP contribution in [0.2, 0.25) is 0 Å². The molecule has 0 saturated carbocycles. The summed E-state index contributed by atoms with van der Waals surface area (Å²) in [5.74, 6) is 1.44. The smallest absolute Gasteiger partial charge is 0.202 e. The Kier molecular flexibility index (Phi) is 2.48. The van der Waals surface area contributed by atoms with Crippen LogP contribution in [0.4, 0.5) is 0 Å². The van der Waals surface area contributed by atoms with Crippen molar-refractivity contribution in [1.82, 2.24) is 10.4 Å². The summed E-state index contributed by atoms with van der Waals surface area (Å²) in [5, 5.41) is 3.40. The lowest BCUT2D eigenvalue weighted by Crippen LogP contribution is -2.58. The van der Waals surface area contributed by atoms with Gasteiger partial charge in [-0.15, -0.1) is 11.3 Å². The lowest BCUT2D eigenvalue weighted by molar-refractivity contribution is -0.155. The van der Waals surface area contributed by atoms with Crippen molar-refractivity contribution in [3.63, 3.8) is 0 Å². The zero-order chi connectivity index (χ0) is 13.9. The van der Waals surface area contributed by atoms with Gasteiger partial charge in [-0.25, -0.2) is 15.3 Å². The molecule has 1 spiro atoms. The number of nitrogens with zero attached hydrogens (tertiary/aromatic N) is 2. The third-order valence-corrected chi connectivity index (χ3v) is 5.92. The van der Waals surface area contributed by atoms with Crippen LogP contribution in [-0.2, 0) is 4.84 Å². The van der Waals surface area contributed by atoms with Crippen LogP contribution >= 0.6 is 11.3 Å². The Morgan fingerprint density at radius 1 is 1.29 bits per heavy atom. The molecule has 5 heteroatoms. The number of amidine groups is 1. The Hall–Kier alpha value is -1.43. The summed E-state index contributed by atoms with van der Waals surface area (Å²) in [6.07, 6.45) is 2.39. The first-order chi connectivity index (χ1) is 10.3. The summed E-state index contributed by atoms with van der Waals surface area (Å²) in [6.45, 7) is 3.32. The van der Waals surface area contributed by atoms with Crippen molar-refractivity contribution in [3.8, 4) is 0 Å². The van der Waals surface area contributed by atoms with Crippen LogP contribution < -0.4 is 5.48 Å². The Bertz CT molecular complexity index is 732. The van der Waals surface area contributed by atoms with Gasteiger partial charge in [0, 0.05) is 16.2 Å². The minimum Gasteiger partial charge on any atom is -0.298 e. The van der Waals surface area contributed by atoms with Crippen molar-refractivity contribution in [1.29, 1.82) is 0 Å². The molecular formula is C16H17N3OS. The molecule has 6 rings (SSSR count). The van der Waals surface area contributed by atoms with Crippen LogP contribution in [0.25, 0.3) is 10.1 Å². The maximum atomic E-state index is 5.98. The predicted octanol–water partition coefficient (Wildman–Crippen LogP) is 2.60. The highest BCUT2D eigenvalue weighted by atomic mass is 32.1. The number of fused-ring (bicyclic) bond motifs is 3. The molecule has 4 aliphatic rings. The molecule has 2 bridgehead atoms. The average molecular weight is 299 g/mol. The predicted molar refractivity (Wildman–Crippen MR) is 84.5 cm³/mol. The Labute approximate surface area is 127 Å². The molecule has 3 saturated heterocycles. The van der Waals surface area contributed by atoms with Gasteiger partial charge in [0.05, 0.1) is 6.54 Å². The van der Waals surface area contributed by atoms with Crippen molar-refractivity contribution in [2.75, 3.05) is 19.6 Å². The van der Waals surface area contributed by atoms with E-state index < -0.39 is 0 Å². The molecule has 0 radical (unpaired) electrons. The van der Waals surface area contributed by atoms with Gasteiger partial charge in [-0.3, -0.25) is 4.90 Å². The highest BCUT2D eigenvalue weighted by Crippen LogP contribution is 2.41. The second-order valence-corrected chi connectivity index (χ2v) is 7.18. The number of hydrogen-bond donors (Lipinski definition) is 1. The fourth-order valence-corrected chi connectivity index (χ4v) is 4.61. The molecule has 2 aromatic rings. The van der Waals surface area contributed by atoms with Gasteiger partial charge in [-0.2, -0.15) is 0 Å². The SMILES string of the molecule is c1cc2cc(C3=N[C@]4(CN5CCC4CC5)ON3)ccc2s1. The summed E-state index contributed by atoms with van der Waals surface area (Å²) in [7, 11) is 0. The minimum atomic E-state index is -0.352. The van der Waals surface area contributed by atoms with Gasteiger partial charge in [0.1, 0.15) is 0 Å². The van der Waals surface area contributed by atoms with Gasteiger partial charge in [-0.1, -0.05) is 0 Å². The number of nitrogens with one attached hydrogen (secondary N) is 1. The number of thiophene rings is 1. The van der Waals surface area contributed by atoms with E-state index in [2.05, 4.69) is 40.0 Å². The topological polar surface area (TPSA) is 36.9 Å². The number of piperidine rings is 3. The van der Waals surface area contributed by atoms with E-state index in [-0.39, 0.29) is 5.72 Å². The number of aliphatic imine (C=N–C) groups is 1. The van der Waals surface area contributed by atoms with E-state index in [1.807, 2.05) is 0 Å². The van der Waals surface area contributed by atoms with Gasteiger partial charge in [0.25, 0.3) is 0 Å². The van der Waals surface area contributed by atoms with Crippen LogP contribution in [0.1, 0.15) is 18.4 Å². The van der Waals surface area contributed by atoms with Crippen LogP contribution in [0.5, 0.6) is 0 Å². The third-order valence-electron chi connectivity index (χ3n) is 5.03. The largest absolute Gasteiger partial charge is 0.298 e. The molecule has 5 heterocycles. The number of hydroxylamine groups is 1. The van der Waals surface area contributed by atoms with Crippen LogP contribution in [0, 0.1) is 5.92 Å². The third kappa shape index (κ3) is 1.78. The lowest BCUT2D eigenvalue weighted by atomic mass is 9.81. The summed E-state index contributed by atoms with van der Waals surface area (Å²) in [5.41, 5.74) is 3.87. The normalized spacial score (nSPS) is 34.4. The van der Waals surface area contributed by atoms with E-state index >= 15 is 0 Å². The Morgan fingerprint density at radius 2 is 2.19 bits per heavy atom. The number of rotatable bonds is 1. The highest BCUT2D eigenvalue weighted by molar-refractivity contribution is 7.17. The molecule has 1 atom stereocenters. The summed E-state index contributed by atoms with van der Waals surface area (Å²) in [6, 6.07) is 8.65. The first-order valence-electron chi connectivity index (χ1n) is 7.56. The van der Waals surface area contributed by atoms with E-state index in [1.165, 1.54) is 36.0 Å². The standard InChI is InChI=1S/C16H17N3OS/c1-2-14-11(5-8-21-14)9-12(1)15-17-16(20-18-15)10-19-6-3-13(16)4-7-19/h1-2,5,8-9,13H,3-4,6-7,10H2,(H,17,18)/t16-/m1/s1. The van der Waals surface area contributed by atoms with Gasteiger partial charge in [0.2, 0.25) is 5.72 Å². The van der Waals surface area contributed by atoms with E-state index in [1.54, 1.807) is 11.3 Å². The van der Waals surface area contributed by atoms with Gasteiger partial charge in [0.15, 0.2) is 5.84 Å². The first kappa shape index (κ1) is 12.1. The highest BCUT2D eigenvalue weighted by Gasteiger charge is 2.51. The first-order valence-corrected chi connectivity index (χ1v) is 8.44. The van der Waals surface area contributed by atoms with Crippen molar-refractivity contribution < 1.29 is 4.84 Å². The molecule has 4 aliphatic heterocycles. The summed E-state index contributed by atoms with van der Waals surface area (Å²) in [4.78, 5) is 13.4. The fourth-order valence-electron chi connectivity index (χ4n) is 3.84. The molecule has 1 N–H and O–H groups in total. The van der Waals surface area contributed by atoms with Crippen molar-refractivity contribution in [2.45, 2.75) is 18.6 Å². The molecule has 0 aliphatic carbocycles. The zero-order valence-corrected chi connectivity index (χ0v) is 12.5. The van der Waals surface area contributed by atoms with Crippen LogP contribution in [0.15, 0.2) is 34.6 Å². The second kappa shape index (κ2) is 4.29. The van der Waals surface area contributed by atoms with E-state index in [0.29, 0.717) is 5.92 Å². The molecule has 21 heavy (non-hydrogen) atoms. The van der Waals surface area contributed by atoms with Gasteiger partial charge < -0.3 is 0 Å². The maximum absolute atomic E-state index is 5.98. The molecule has 3 fully saturated rings. The zero-order valence-electron chi connectivity index (χ0n) is 11.7. The van der Waals surface area contributed by atoms with E-state index in [0.717, 1.165) is 17.9 Å². The molecule has 108 valence electrons. The molecule has 0 amide bonds. The Balaban J connectivity index is 1.53. The fraction of sp³-hybridized carbons (Fsp3) is 0.438. The molecule has 1 aromatic heterocycles. The monoisotopic (exact) mass is 299 g/mol.